The number of aromatic nitrogens is 4. The molecule has 1 aromatic heterocycles. The van der Waals surface area contributed by atoms with Gasteiger partial charge in [0.05, 0.1) is 7.05 Å². The number of hydrogen-bond acceptors (Lipinski definition) is 5. The third-order valence-electron chi connectivity index (χ3n) is 2.76. The maximum Gasteiger partial charge on any atom is 0.240 e. The van der Waals surface area contributed by atoms with Crippen molar-refractivity contribution in [2.75, 3.05) is 6.54 Å². The Morgan fingerprint density at radius 1 is 1.53 bits per heavy atom. The maximum atomic E-state index is 11.9. The highest BCUT2D eigenvalue weighted by Crippen LogP contribution is 2.16. The smallest absolute Gasteiger partial charge is 0.240 e. The first-order chi connectivity index (χ1) is 7.16. The highest BCUT2D eigenvalue weighted by atomic mass is 16.1. The number of aryl methyl sites for hydroxylation is 1. The van der Waals surface area contributed by atoms with E-state index in [-0.39, 0.29) is 17.5 Å². The number of carbonyl (C=O) groups is 1. The molecular formula is C9H15N5O. The van der Waals surface area contributed by atoms with Crippen molar-refractivity contribution < 1.29 is 4.79 Å². The lowest BCUT2D eigenvalue weighted by Crippen LogP contribution is -2.40. The van der Waals surface area contributed by atoms with Gasteiger partial charge < -0.3 is 5.32 Å². The zero-order valence-corrected chi connectivity index (χ0v) is 8.97. The summed E-state index contributed by atoms with van der Waals surface area (Å²) in [5.74, 6) is 0.242. The Morgan fingerprint density at radius 2 is 2.33 bits per heavy atom. The summed E-state index contributed by atoms with van der Waals surface area (Å²) in [7, 11) is 1.66. The molecule has 0 aromatic carbocycles. The van der Waals surface area contributed by atoms with Gasteiger partial charge in [-0.25, -0.2) is 0 Å². The van der Waals surface area contributed by atoms with Gasteiger partial charge in [0, 0.05) is 18.5 Å². The van der Waals surface area contributed by atoms with E-state index in [2.05, 4.69) is 27.7 Å². The van der Waals surface area contributed by atoms with Crippen molar-refractivity contribution in [3.63, 3.8) is 0 Å². The molecule has 0 radical (unpaired) electrons. The SMILES string of the molecule is CC1CCC(C(=O)c2nnn(C)n2)CN1. The lowest BCUT2D eigenvalue weighted by molar-refractivity contribution is 0.0879. The van der Waals surface area contributed by atoms with Crippen LogP contribution < -0.4 is 5.32 Å². The van der Waals surface area contributed by atoms with Crippen LogP contribution in [0.4, 0.5) is 0 Å². The number of nitrogens with one attached hydrogen (secondary N) is 1. The summed E-state index contributed by atoms with van der Waals surface area (Å²) in [5, 5.41) is 14.6. The molecule has 6 heteroatoms. The van der Waals surface area contributed by atoms with Gasteiger partial charge in [-0.05, 0) is 25.0 Å². The van der Waals surface area contributed by atoms with Gasteiger partial charge in [0.15, 0.2) is 0 Å². The summed E-state index contributed by atoms with van der Waals surface area (Å²) in [6, 6.07) is 0.504. The quantitative estimate of drug-likeness (QED) is 0.682. The number of Topliss-reactive ketones (excluding diaryl/α,β-unsaturated/α-hetero) is 1. The minimum Gasteiger partial charge on any atom is -0.314 e. The number of tetrazole rings is 1. The second-order valence-electron chi connectivity index (χ2n) is 4.05. The van der Waals surface area contributed by atoms with E-state index in [1.165, 1.54) is 4.80 Å². The second-order valence-corrected chi connectivity index (χ2v) is 4.05. The Bertz CT molecular complexity index is 353. The molecule has 1 fully saturated rings. The average molecular weight is 209 g/mol. The Kier molecular flexibility index (Phi) is 2.77. The van der Waals surface area contributed by atoms with Crippen LogP contribution >= 0.6 is 0 Å². The zero-order chi connectivity index (χ0) is 10.8. The molecule has 2 heterocycles. The molecular weight excluding hydrogens is 194 g/mol. The van der Waals surface area contributed by atoms with Crippen LogP contribution in [0.5, 0.6) is 0 Å². The van der Waals surface area contributed by atoms with Crippen molar-refractivity contribution in [3.05, 3.63) is 5.82 Å². The Morgan fingerprint density at radius 3 is 2.87 bits per heavy atom. The molecule has 6 nitrogen and oxygen atoms in total. The number of nitrogens with zero attached hydrogens (tertiary/aromatic N) is 4. The van der Waals surface area contributed by atoms with Gasteiger partial charge in [-0.1, -0.05) is 0 Å². The first kappa shape index (κ1) is 10.2. The minimum absolute atomic E-state index is 0.00231. The average Bonchev–Trinajstić information content (AvgIpc) is 2.65. The molecule has 2 rings (SSSR count). The molecule has 15 heavy (non-hydrogen) atoms. The molecule has 1 N–H and O–H groups in total. The topological polar surface area (TPSA) is 72.7 Å². The summed E-state index contributed by atoms with van der Waals surface area (Å²) in [6.07, 6.45) is 1.93. The lowest BCUT2D eigenvalue weighted by Gasteiger charge is -2.25. The molecule has 1 saturated heterocycles. The maximum absolute atomic E-state index is 11.9. The Labute approximate surface area is 88.0 Å². The fourth-order valence-corrected chi connectivity index (χ4v) is 1.79. The van der Waals surface area contributed by atoms with Crippen LogP contribution in [0.1, 0.15) is 30.4 Å². The van der Waals surface area contributed by atoms with Gasteiger partial charge in [0.1, 0.15) is 0 Å². The number of hydrogen-bond donors (Lipinski definition) is 1. The standard InChI is InChI=1S/C9H15N5O/c1-6-3-4-7(5-10-6)8(15)9-11-13-14(2)12-9/h6-7,10H,3-5H2,1-2H3. The first-order valence-electron chi connectivity index (χ1n) is 5.18. The number of rotatable bonds is 2. The van der Waals surface area contributed by atoms with Crippen LogP contribution in [-0.2, 0) is 7.05 Å². The van der Waals surface area contributed by atoms with E-state index < -0.39 is 0 Å². The van der Waals surface area contributed by atoms with E-state index in [0.29, 0.717) is 6.04 Å². The lowest BCUT2D eigenvalue weighted by atomic mass is 9.91. The molecule has 1 aliphatic rings. The highest BCUT2D eigenvalue weighted by Gasteiger charge is 2.27. The van der Waals surface area contributed by atoms with Gasteiger partial charge in [0.25, 0.3) is 0 Å². The largest absolute Gasteiger partial charge is 0.314 e. The molecule has 2 unspecified atom stereocenters. The summed E-state index contributed by atoms with van der Waals surface area (Å²) in [4.78, 5) is 13.2. The van der Waals surface area contributed by atoms with Crippen molar-refractivity contribution >= 4 is 5.78 Å². The van der Waals surface area contributed by atoms with E-state index >= 15 is 0 Å². The molecule has 0 spiro atoms. The van der Waals surface area contributed by atoms with E-state index in [1.807, 2.05) is 0 Å². The van der Waals surface area contributed by atoms with Crippen molar-refractivity contribution in [2.24, 2.45) is 13.0 Å². The molecule has 0 aliphatic carbocycles. The van der Waals surface area contributed by atoms with Crippen LogP contribution in [0.15, 0.2) is 0 Å². The Hall–Kier alpha value is -1.30. The fraction of sp³-hybridized carbons (Fsp3) is 0.778. The number of carbonyl (C=O) groups excluding carboxylic acids is 1. The van der Waals surface area contributed by atoms with Gasteiger partial charge in [-0.2, -0.15) is 4.80 Å². The molecule has 1 aliphatic heterocycles. The van der Waals surface area contributed by atoms with Crippen molar-refractivity contribution in [3.8, 4) is 0 Å². The van der Waals surface area contributed by atoms with Crippen LogP contribution in [0.25, 0.3) is 0 Å². The summed E-state index contributed by atoms with van der Waals surface area (Å²) in [5.41, 5.74) is 0. The summed E-state index contributed by atoms with van der Waals surface area (Å²) >= 11 is 0. The van der Waals surface area contributed by atoms with Crippen LogP contribution in [0.2, 0.25) is 0 Å². The molecule has 0 amide bonds. The van der Waals surface area contributed by atoms with Gasteiger partial charge >= 0.3 is 0 Å². The summed E-state index contributed by atoms with van der Waals surface area (Å²) in [6.45, 7) is 2.85. The molecule has 2 atom stereocenters. The number of ketones is 1. The van der Waals surface area contributed by atoms with Crippen LogP contribution in [-0.4, -0.2) is 38.6 Å². The third kappa shape index (κ3) is 2.20. The second kappa shape index (κ2) is 4.06. The van der Waals surface area contributed by atoms with Crippen molar-refractivity contribution in [1.82, 2.24) is 25.5 Å². The fourth-order valence-electron chi connectivity index (χ4n) is 1.79. The molecule has 1 aromatic rings. The van der Waals surface area contributed by atoms with E-state index in [0.717, 1.165) is 19.4 Å². The predicted molar refractivity (Wildman–Crippen MR) is 53.3 cm³/mol. The monoisotopic (exact) mass is 209 g/mol. The van der Waals surface area contributed by atoms with Gasteiger partial charge in [-0.15, -0.1) is 10.2 Å². The minimum atomic E-state index is 0.00231. The third-order valence-corrected chi connectivity index (χ3v) is 2.76. The number of piperidine rings is 1. The van der Waals surface area contributed by atoms with Crippen LogP contribution in [0, 0.1) is 5.92 Å². The van der Waals surface area contributed by atoms with Crippen molar-refractivity contribution in [1.29, 1.82) is 0 Å². The van der Waals surface area contributed by atoms with E-state index in [4.69, 9.17) is 0 Å². The van der Waals surface area contributed by atoms with E-state index in [1.54, 1.807) is 7.05 Å². The summed E-state index contributed by atoms with van der Waals surface area (Å²) < 4.78 is 0. The van der Waals surface area contributed by atoms with Gasteiger partial charge in [0.2, 0.25) is 11.6 Å². The first-order valence-corrected chi connectivity index (χ1v) is 5.18. The van der Waals surface area contributed by atoms with E-state index in [9.17, 15) is 4.79 Å². The molecule has 0 bridgehead atoms. The predicted octanol–water partition coefficient (Wildman–Crippen LogP) is -0.219. The zero-order valence-electron chi connectivity index (χ0n) is 8.97. The molecule has 0 saturated carbocycles. The molecule has 82 valence electrons. The van der Waals surface area contributed by atoms with Crippen molar-refractivity contribution in [2.45, 2.75) is 25.8 Å². The van der Waals surface area contributed by atoms with Gasteiger partial charge in [-0.3, -0.25) is 4.79 Å². The Balaban J connectivity index is 2.02. The normalized spacial score (nSPS) is 26.5. The van der Waals surface area contributed by atoms with Crippen LogP contribution in [0.3, 0.4) is 0 Å². The highest BCUT2D eigenvalue weighted by molar-refractivity contribution is 5.94.